The standard InChI is InChI=1S/C20H24O2/c1-10-11-12(2)13(3)14(4)15(5)16(6)17(7)18(8)19(9)20(21)22/h20H,2-11H2,1H3/q-2. The smallest absolute Gasteiger partial charge is 0.0183 e. The Balaban J connectivity index is 5.12. The molecular formula is C20H24O2-2. The van der Waals surface area contributed by atoms with E-state index in [9.17, 15) is 10.2 Å². The van der Waals surface area contributed by atoms with Crippen molar-refractivity contribution in [1.82, 2.24) is 0 Å². The predicted molar refractivity (Wildman–Crippen MR) is 91.8 cm³/mol. The fourth-order valence-electron chi connectivity index (χ4n) is 1.73. The van der Waals surface area contributed by atoms with Gasteiger partial charge in [-0.25, -0.2) is 0 Å². The second-order valence-electron chi connectivity index (χ2n) is 5.08. The van der Waals surface area contributed by atoms with Crippen molar-refractivity contribution in [3.8, 4) is 0 Å². The van der Waals surface area contributed by atoms with E-state index in [-0.39, 0.29) is 11.1 Å². The van der Waals surface area contributed by atoms with Crippen LogP contribution >= 0.6 is 0 Å². The van der Waals surface area contributed by atoms with Crippen LogP contribution in [0.25, 0.3) is 0 Å². The molecule has 0 atom stereocenters. The first kappa shape index (κ1) is 19.8. The van der Waals surface area contributed by atoms with Crippen molar-refractivity contribution < 1.29 is 10.2 Å². The molecule has 0 N–H and O–H groups in total. The van der Waals surface area contributed by atoms with Gasteiger partial charge in [-0.2, -0.15) is 6.29 Å². The molecule has 2 nitrogen and oxygen atoms in total. The van der Waals surface area contributed by atoms with Crippen molar-refractivity contribution in [2.45, 2.75) is 26.1 Å². The van der Waals surface area contributed by atoms with Crippen molar-refractivity contribution in [2.24, 2.45) is 0 Å². The Morgan fingerprint density at radius 2 is 1.05 bits per heavy atom. The zero-order valence-electron chi connectivity index (χ0n) is 13.5. The molecule has 0 aliphatic heterocycles. The van der Waals surface area contributed by atoms with Gasteiger partial charge in [0.25, 0.3) is 0 Å². The molecule has 2 heteroatoms. The van der Waals surface area contributed by atoms with Crippen LogP contribution in [0.2, 0.25) is 0 Å². The molecule has 0 heterocycles. The van der Waals surface area contributed by atoms with Crippen molar-refractivity contribution in [2.75, 3.05) is 0 Å². The molecule has 0 aliphatic rings. The molecule has 0 aromatic rings. The molecule has 0 unspecified atom stereocenters. The zero-order chi connectivity index (χ0) is 17.6. The lowest BCUT2D eigenvalue weighted by atomic mass is 9.85. The van der Waals surface area contributed by atoms with E-state index in [0.29, 0.717) is 27.9 Å². The second kappa shape index (κ2) is 8.32. The number of rotatable bonds is 10. The van der Waals surface area contributed by atoms with E-state index in [4.69, 9.17) is 0 Å². The molecule has 0 radical (unpaired) electrons. The first-order valence-corrected chi connectivity index (χ1v) is 6.90. The van der Waals surface area contributed by atoms with Crippen LogP contribution in [0.4, 0.5) is 0 Å². The summed E-state index contributed by atoms with van der Waals surface area (Å²) in [6, 6.07) is 0. The SMILES string of the molecule is C=C(CCC)C(=C)C(=C)C(=C)C(=C)C(=C)C(=C)C(=C)C([O-])[O-]. The summed E-state index contributed by atoms with van der Waals surface area (Å²) in [7, 11) is 0. The third kappa shape index (κ3) is 4.69. The van der Waals surface area contributed by atoms with Gasteiger partial charge in [-0.15, -0.1) is 0 Å². The van der Waals surface area contributed by atoms with Crippen LogP contribution in [0.3, 0.4) is 0 Å². The first-order valence-electron chi connectivity index (χ1n) is 6.90. The van der Waals surface area contributed by atoms with Crippen LogP contribution in [-0.4, -0.2) is 6.29 Å². The molecule has 0 saturated heterocycles. The van der Waals surface area contributed by atoms with Crippen LogP contribution in [0.15, 0.2) is 97.2 Å². The molecule has 0 aromatic heterocycles. The summed E-state index contributed by atoms with van der Waals surface area (Å²) in [5.41, 5.74) is 3.54. The molecule has 0 amide bonds. The molecule has 0 saturated carbocycles. The molecule has 0 rings (SSSR count). The maximum atomic E-state index is 10.9. The highest BCUT2D eigenvalue weighted by molar-refractivity contribution is 5.66. The topological polar surface area (TPSA) is 46.1 Å². The largest absolute Gasteiger partial charge is 0.862 e. The van der Waals surface area contributed by atoms with Gasteiger partial charge in [-0.05, 0) is 45.4 Å². The third-order valence-electron chi connectivity index (χ3n) is 3.47. The summed E-state index contributed by atoms with van der Waals surface area (Å²) in [6.45, 7) is 32.7. The Labute approximate surface area is 134 Å². The quantitative estimate of drug-likeness (QED) is 0.459. The van der Waals surface area contributed by atoms with Gasteiger partial charge in [0, 0.05) is 0 Å². The maximum Gasteiger partial charge on any atom is -0.0183 e. The lowest BCUT2D eigenvalue weighted by molar-refractivity contribution is -0.642. The van der Waals surface area contributed by atoms with Crippen LogP contribution < -0.4 is 10.2 Å². The van der Waals surface area contributed by atoms with Gasteiger partial charge in [0.15, 0.2) is 0 Å². The van der Waals surface area contributed by atoms with Crippen molar-refractivity contribution in [3.05, 3.63) is 97.2 Å². The lowest BCUT2D eigenvalue weighted by Crippen LogP contribution is -2.40. The van der Waals surface area contributed by atoms with Crippen LogP contribution in [0.1, 0.15) is 19.8 Å². The van der Waals surface area contributed by atoms with E-state index in [1.54, 1.807) is 0 Å². The minimum Gasteiger partial charge on any atom is -0.862 e. The molecule has 0 fully saturated rings. The van der Waals surface area contributed by atoms with Crippen molar-refractivity contribution >= 4 is 0 Å². The highest BCUT2D eigenvalue weighted by Crippen LogP contribution is 2.32. The molecule has 0 bridgehead atoms. The normalized spacial score (nSPS) is 10.0. The highest BCUT2D eigenvalue weighted by atomic mass is 16.5. The fraction of sp³-hybridized carbons (Fsp3) is 0.200. The first-order chi connectivity index (χ1) is 10.1. The molecule has 22 heavy (non-hydrogen) atoms. The highest BCUT2D eigenvalue weighted by Gasteiger charge is 2.14. The molecular weight excluding hydrogens is 272 g/mol. The number of hydrogen-bond acceptors (Lipinski definition) is 2. The molecule has 0 spiro atoms. The van der Waals surface area contributed by atoms with E-state index in [2.05, 4.69) is 59.6 Å². The van der Waals surface area contributed by atoms with Crippen molar-refractivity contribution in [3.63, 3.8) is 0 Å². The predicted octanol–water partition coefficient (Wildman–Crippen LogP) is 3.28. The Bertz CT molecular complexity index is 583. The zero-order valence-corrected chi connectivity index (χ0v) is 13.5. The second-order valence-corrected chi connectivity index (χ2v) is 5.08. The third-order valence-corrected chi connectivity index (χ3v) is 3.47. The fourth-order valence-corrected chi connectivity index (χ4v) is 1.73. The number of allylic oxidation sites excluding steroid dienone is 6. The Morgan fingerprint density at radius 1 is 0.682 bits per heavy atom. The summed E-state index contributed by atoms with van der Waals surface area (Å²) < 4.78 is 0. The van der Waals surface area contributed by atoms with Gasteiger partial charge in [-0.1, -0.05) is 71.5 Å². The molecule has 0 aromatic carbocycles. The van der Waals surface area contributed by atoms with Gasteiger partial charge in [0.05, 0.1) is 0 Å². The minimum absolute atomic E-state index is 0.154. The molecule has 118 valence electrons. The van der Waals surface area contributed by atoms with Gasteiger partial charge >= 0.3 is 0 Å². The monoisotopic (exact) mass is 296 g/mol. The average molecular weight is 296 g/mol. The van der Waals surface area contributed by atoms with Gasteiger partial charge in [-0.3, -0.25) is 0 Å². The van der Waals surface area contributed by atoms with Crippen LogP contribution in [0, 0.1) is 0 Å². The van der Waals surface area contributed by atoms with Gasteiger partial charge < -0.3 is 10.2 Å². The van der Waals surface area contributed by atoms with E-state index in [1.165, 1.54) is 0 Å². The van der Waals surface area contributed by atoms with E-state index < -0.39 is 6.29 Å². The van der Waals surface area contributed by atoms with E-state index >= 15 is 0 Å². The summed E-state index contributed by atoms with van der Waals surface area (Å²) in [5.74, 6) is 0. The van der Waals surface area contributed by atoms with Crippen molar-refractivity contribution in [1.29, 1.82) is 0 Å². The van der Waals surface area contributed by atoms with Gasteiger partial charge in [0.1, 0.15) is 0 Å². The Morgan fingerprint density at radius 3 is 1.41 bits per heavy atom. The lowest BCUT2D eigenvalue weighted by Gasteiger charge is -2.33. The summed E-state index contributed by atoms with van der Waals surface area (Å²) >= 11 is 0. The average Bonchev–Trinajstić information content (AvgIpc) is 2.49. The molecule has 0 aliphatic carbocycles. The summed E-state index contributed by atoms with van der Waals surface area (Å²) in [6.07, 6.45) is -0.417. The van der Waals surface area contributed by atoms with Gasteiger partial charge in [0.2, 0.25) is 0 Å². The summed E-state index contributed by atoms with van der Waals surface area (Å²) in [5, 5.41) is 21.8. The Hall–Kier alpha value is -2.16. The Kier molecular flexibility index (Phi) is 7.51. The maximum absolute atomic E-state index is 10.9. The van der Waals surface area contributed by atoms with Crippen LogP contribution in [-0.2, 0) is 0 Å². The summed E-state index contributed by atoms with van der Waals surface area (Å²) in [4.78, 5) is 0. The minimum atomic E-state index is -2.19. The number of hydrogen-bond donors (Lipinski definition) is 0. The van der Waals surface area contributed by atoms with Crippen LogP contribution in [0.5, 0.6) is 0 Å². The van der Waals surface area contributed by atoms with E-state index in [0.717, 1.165) is 18.4 Å². The van der Waals surface area contributed by atoms with E-state index in [1.807, 2.05) is 0 Å².